The number of nitrogens with zero attached hydrogens (tertiary/aromatic N) is 2. The Kier molecular flexibility index (Phi) is 9.01. The molecule has 212 valence electrons. The van der Waals surface area contributed by atoms with E-state index in [1.54, 1.807) is 17.5 Å². The van der Waals surface area contributed by atoms with Gasteiger partial charge in [-0.3, -0.25) is 19.2 Å². The van der Waals surface area contributed by atoms with E-state index in [-0.39, 0.29) is 31.6 Å². The summed E-state index contributed by atoms with van der Waals surface area (Å²) in [5, 5.41) is 3.71. The Morgan fingerprint density at radius 2 is 1.59 bits per heavy atom. The van der Waals surface area contributed by atoms with Crippen LogP contribution in [0.15, 0.2) is 60.0 Å². The number of benzene rings is 2. The van der Waals surface area contributed by atoms with Gasteiger partial charge in [-0.2, -0.15) is 5.01 Å². The quantitative estimate of drug-likeness (QED) is 0.0909. The number of thiophene rings is 1. The van der Waals surface area contributed by atoms with Crippen molar-refractivity contribution in [2.24, 2.45) is 11.8 Å². The minimum atomic E-state index is -0.798. The highest BCUT2D eigenvalue weighted by Crippen LogP contribution is 2.44. The number of imide groups is 1. The molecule has 2 fully saturated rings. The molecule has 13 heteroatoms. The van der Waals surface area contributed by atoms with E-state index in [1.165, 1.54) is 53.8 Å². The van der Waals surface area contributed by atoms with E-state index < -0.39 is 47.9 Å². The van der Waals surface area contributed by atoms with E-state index in [1.807, 2.05) is 0 Å². The summed E-state index contributed by atoms with van der Waals surface area (Å²) in [4.78, 5) is 66.9. The maximum Gasteiger partial charge on any atom is 0.353 e. The van der Waals surface area contributed by atoms with Crippen molar-refractivity contribution in [2.45, 2.75) is 22.5 Å². The van der Waals surface area contributed by atoms with Gasteiger partial charge in [0.15, 0.2) is 5.78 Å². The predicted molar refractivity (Wildman–Crippen MR) is 161 cm³/mol. The molecule has 1 aliphatic carbocycles. The summed E-state index contributed by atoms with van der Waals surface area (Å²) in [5.74, 6) is -4.02. The molecule has 2 aliphatic rings. The Labute approximate surface area is 265 Å². The molecule has 8 nitrogen and oxygen atoms in total. The van der Waals surface area contributed by atoms with Crippen molar-refractivity contribution in [2.75, 3.05) is 6.54 Å². The van der Waals surface area contributed by atoms with Crippen LogP contribution in [0, 0.1) is 11.8 Å². The first-order valence-electron chi connectivity index (χ1n) is 12.4. The van der Waals surface area contributed by atoms with Gasteiger partial charge in [0, 0.05) is 20.2 Å². The third-order valence-corrected chi connectivity index (χ3v) is 11.1. The number of carbonyl (C=O) groups is 5. The molecule has 3 amide bonds. The van der Waals surface area contributed by atoms with Crippen molar-refractivity contribution in [3.8, 4) is 5.75 Å². The molecule has 2 heterocycles. The van der Waals surface area contributed by atoms with Gasteiger partial charge in [0.05, 0.1) is 22.4 Å². The molecular weight excluding hydrogens is 723 g/mol. The van der Waals surface area contributed by atoms with Crippen LogP contribution in [0.3, 0.4) is 0 Å². The fourth-order valence-electron chi connectivity index (χ4n) is 4.84. The average molecular weight is 743 g/mol. The maximum atomic E-state index is 13.8. The van der Waals surface area contributed by atoms with E-state index >= 15 is 0 Å². The zero-order valence-electron chi connectivity index (χ0n) is 21.0. The lowest BCUT2D eigenvalue weighted by Crippen LogP contribution is -2.52. The van der Waals surface area contributed by atoms with Gasteiger partial charge in [-0.1, -0.05) is 61.1 Å². The molecule has 0 spiro atoms. The summed E-state index contributed by atoms with van der Waals surface area (Å²) in [6.07, 6.45) is 0.788. The van der Waals surface area contributed by atoms with Gasteiger partial charge in [0.2, 0.25) is 0 Å². The van der Waals surface area contributed by atoms with Gasteiger partial charge in [0.1, 0.15) is 17.2 Å². The number of amides is 3. The summed E-state index contributed by atoms with van der Waals surface area (Å²) in [6, 6.07) is 13.3. The van der Waals surface area contributed by atoms with E-state index in [4.69, 9.17) is 27.9 Å². The number of hydrazine groups is 1. The van der Waals surface area contributed by atoms with Gasteiger partial charge >= 0.3 is 5.97 Å². The number of alkyl halides is 2. The second kappa shape index (κ2) is 12.3. The Hall–Kier alpha value is -2.57. The molecule has 0 radical (unpaired) electrons. The molecule has 1 saturated heterocycles. The standard InChI is InChI=1S/C28H20Br2Cl2N2O6S/c29-20-11-18-19(12-21(20)30)27(38)34(26(18)37)33(25(36)17-8-5-15(31)10-22(17)32)13-23(35)14-3-6-16(7-4-14)40-28(39)24-2-1-9-41-24/h1-10,18-21H,11-13H2/t18-,19+,20-,21-/m0/s1. The highest BCUT2D eigenvalue weighted by atomic mass is 79.9. The molecule has 0 bridgehead atoms. The van der Waals surface area contributed by atoms with Gasteiger partial charge in [-0.25, -0.2) is 9.80 Å². The van der Waals surface area contributed by atoms with E-state index in [0.717, 1.165) is 10.0 Å². The number of rotatable bonds is 7. The van der Waals surface area contributed by atoms with Crippen molar-refractivity contribution in [3.05, 3.63) is 86.0 Å². The Morgan fingerprint density at radius 1 is 0.951 bits per heavy atom. The zero-order valence-corrected chi connectivity index (χ0v) is 26.5. The molecule has 1 aliphatic heterocycles. The van der Waals surface area contributed by atoms with Crippen LogP contribution in [-0.2, 0) is 9.59 Å². The third-order valence-electron chi connectivity index (χ3n) is 6.93. The van der Waals surface area contributed by atoms with Crippen LogP contribution in [0.4, 0.5) is 0 Å². The number of hydrogen-bond acceptors (Lipinski definition) is 7. The molecule has 3 aromatic rings. The summed E-state index contributed by atoms with van der Waals surface area (Å²) >= 11 is 20.6. The SMILES string of the molecule is O=C(CN(C(=O)c1ccc(Cl)cc1Cl)N1C(=O)[C@H]2C[C@H](Br)[C@@H](Br)C[C@H]2C1=O)c1ccc(OC(=O)c2cccs2)cc1. The zero-order chi connectivity index (χ0) is 29.4. The number of fused-ring (bicyclic) bond motifs is 1. The topological polar surface area (TPSA) is 101 Å². The lowest BCUT2D eigenvalue weighted by molar-refractivity contribution is -0.154. The maximum absolute atomic E-state index is 13.8. The highest BCUT2D eigenvalue weighted by molar-refractivity contribution is 9.12. The van der Waals surface area contributed by atoms with Crippen molar-refractivity contribution in [1.82, 2.24) is 10.0 Å². The fraction of sp³-hybridized carbons (Fsp3) is 0.250. The molecule has 41 heavy (non-hydrogen) atoms. The van der Waals surface area contributed by atoms with Crippen LogP contribution < -0.4 is 4.74 Å². The number of esters is 1. The first kappa shape index (κ1) is 29.9. The van der Waals surface area contributed by atoms with Gasteiger partial charge < -0.3 is 4.74 Å². The smallest absolute Gasteiger partial charge is 0.353 e. The van der Waals surface area contributed by atoms with Gasteiger partial charge in [-0.15, -0.1) is 11.3 Å². The predicted octanol–water partition coefficient (Wildman–Crippen LogP) is 6.44. The van der Waals surface area contributed by atoms with E-state index in [0.29, 0.717) is 22.7 Å². The van der Waals surface area contributed by atoms with E-state index in [9.17, 15) is 24.0 Å². The summed E-state index contributed by atoms with van der Waals surface area (Å²) in [6.45, 7) is -0.613. The first-order valence-corrected chi connectivity index (χ1v) is 15.8. The van der Waals surface area contributed by atoms with Crippen LogP contribution in [0.5, 0.6) is 5.75 Å². The summed E-state index contributed by atoms with van der Waals surface area (Å²) < 4.78 is 5.34. The monoisotopic (exact) mass is 740 g/mol. The third kappa shape index (κ3) is 6.15. The van der Waals surface area contributed by atoms with Crippen LogP contribution in [0.1, 0.15) is 43.2 Å². The molecule has 0 N–H and O–H groups in total. The molecular formula is C28H20Br2Cl2N2O6S. The summed E-state index contributed by atoms with van der Waals surface area (Å²) in [5.41, 5.74) is 0.158. The number of hydrogen-bond donors (Lipinski definition) is 0. The Morgan fingerprint density at radius 3 is 2.15 bits per heavy atom. The minimum absolute atomic E-state index is 0.00872. The van der Waals surface area contributed by atoms with Crippen molar-refractivity contribution < 1.29 is 28.7 Å². The number of halogens is 4. The van der Waals surface area contributed by atoms with Crippen LogP contribution in [-0.4, -0.2) is 55.7 Å². The minimum Gasteiger partial charge on any atom is -0.422 e. The second-order valence-electron chi connectivity index (χ2n) is 9.51. The molecule has 5 rings (SSSR count). The summed E-state index contributed by atoms with van der Waals surface area (Å²) in [7, 11) is 0. The van der Waals surface area contributed by atoms with Crippen molar-refractivity contribution in [1.29, 1.82) is 0 Å². The molecule has 1 aromatic heterocycles. The molecule has 4 atom stereocenters. The fourth-order valence-corrected chi connectivity index (χ4v) is 7.16. The molecule has 2 aromatic carbocycles. The highest BCUT2D eigenvalue weighted by Gasteiger charge is 2.54. The van der Waals surface area contributed by atoms with Crippen molar-refractivity contribution >= 4 is 95.9 Å². The van der Waals surface area contributed by atoms with Gasteiger partial charge in [-0.05, 0) is 66.8 Å². The van der Waals surface area contributed by atoms with Gasteiger partial charge in [0.25, 0.3) is 17.7 Å². The van der Waals surface area contributed by atoms with Crippen molar-refractivity contribution in [3.63, 3.8) is 0 Å². The number of ketones is 1. The Bertz CT molecular complexity index is 1510. The van der Waals surface area contributed by atoms with Crippen LogP contribution >= 0.6 is 66.4 Å². The average Bonchev–Trinajstić information content (AvgIpc) is 3.56. The van der Waals surface area contributed by atoms with Crippen LogP contribution in [0.25, 0.3) is 0 Å². The molecule has 0 unspecified atom stereocenters. The number of carbonyl (C=O) groups excluding carboxylic acids is 5. The largest absolute Gasteiger partial charge is 0.422 e. The first-order chi connectivity index (χ1) is 19.5. The van der Waals surface area contributed by atoms with E-state index in [2.05, 4.69) is 31.9 Å². The lowest BCUT2D eigenvalue weighted by atomic mass is 9.81. The number of Topliss-reactive ketones (excluding diaryl/α,β-unsaturated/α-hetero) is 1. The Balaban J connectivity index is 1.42. The lowest BCUT2D eigenvalue weighted by Gasteiger charge is -2.30. The van der Waals surface area contributed by atoms with Crippen LogP contribution in [0.2, 0.25) is 10.0 Å². The second-order valence-corrected chi connectivity index (χ2v) is 13.6. The normalized spacial score (nSPS) is 21.9. The molecule has 1 saturated carbocycles. The number of ether oxygens (including phenoxy) is 1.